The van der Waals surface area contributed by atoms with Gasteiger partial charge >= 0.3 is 5.97 Å². The number of hydrogen-bond acceptors (Lipinski definition) is 2. The van der Waals surface area contributed by atoms with Gasteiger partial charge in [-0.2, -0.15) is 0 Å². The Balaban J connectivity index is 4.06. The molecule has 0 spiro atoms. The van der Waals surface area contributed by atoms with Gasteiger partial charge in [0.2, 0.25) is 5.91 Å². The van der Waals surface area contributed by atoms with Crippen molar-refractivity contribution in [1.82, 2.24) is 5.32 Å². The SMILES string of the molecule is C=C(C)CNC(=O)CC(C)(C)C(=O)O. The number of carboxylic acids is 1. The Labute approximate surface area is 84.0 Å². The van der Waals surface area contributed by atoms with E-state index < -0.39 is 11.4 Å². The highest BCUT2D eigenvalue weighted by molar-refractivity contribution is 5.84. The van der Waals surface area contributed by atoms with E-state index in [0.717, 1.165) is 5.57 Å². The minimum atomic E-state index is -1.01. The average molecular weight is 199 g/mol. The van der Waals surface area contributed by atoms with Gasteiger partial charge in [-0.1, -0.05) is 12.2 Å². The number of hydrogen-bond donors (Lipinski definition) is 2. The van der Waals surface area contributed by atoms with E-state index in [4.69, 9.17) is 5.11 Å². The third-order valence-electron chi connectivity index (χ3n) is 1.77. The molecule has 80 valence electrons. The van der Waals surface area contributed by atoms with Crippen molar-refractivity contribution in [2.75, 3.05) is 6.54 Å². The molecule has 4 nitrogen and oxygen atoms in total. The molecule has 2 N–H and O–H groups in total. The van der Waals surface area contributed by atoms with Gasteiger partial charge in [-0.3, -0.25) is 9.59 Å². The van der Waals surface area contributed by atoms with Gasteiger partial charge in [0.15, 0.2) is 0 Å². The first-order valence-electron chi connectivity index (χ1n) is 4.40. The predicted molar refractivity (Wildman–Crippen MR) is 53.9 cm³/mol. The van der Waals surface area contributed by atoms with Crippen LogP contribution in [0.1, 0.15) is 27.2 Å². The summed E-state index contributed by atoms with van der Waals surface area (Å²) in [5.41, 5.74) is -0.175. The number of carbonyl (C=O) groups excluding carboxylic acids is 1. The second-order valence-corrected chi connectivity index (χ2v) is 4.10. The zero-order chi connectivity index (χ0) is 11.4. The van der Waals surface area contributed by atoms with E-state index in [0.29, 0.717) is 6.54 Å². The van der Waals surface area contributed by atoms with Crippen LogP contribution in [0.5, 0.6) is 0 Å². The standard InChI is InChI=1S/C10H17NO3/c1-7(2)6-11-8(12)5-10(3,4)9(13)14/h1,5-6H2,2-4H3,(H,11,12)(H,13,14). The number of rotatable bonds is 5. The van der Waals surface area contributed by atoms with E-state index in [1.54, 1.807) is 6.92 Å². The van der Waals surface area contributed by atoms with Crippen LogP contribution in [-0.4, -0.2) is 23.5 Å². The molecule has 1 amide bonds. The summed E-state index contributed by atoms with van der Waals surface area (Å²) in [5, 5.41) is 11.4. The van der Waals surface area contributed by atoms with Crippen LogP contribution in [0.2, 0.25) is 0 Å². The summed E-state index contributed by atoms with van der Waals surface area (Å²) in [4.78, 5) is 21.9. The van der Waals surface area contributed by atoms with E-state index in [1.165, 1.54) is 13.8 Å². The number of carbonyl (C=O) groups is 2. The Bertz CT molecular complexity index is 256. The van der Waals surface area contributed by atoms with Crippen LogP contribution >= 0.6 is 0 Å². The van der Waals surface area contributed by atoms with Crippen molar-refractivity contribution < 1.29 is 14.7 Å². The Kier molecular flexibility index (Phi) is 4.34. The first-order chi connectivity index (χ1) is 6.25. The Hall–Kier alpha value is -1.32. The fourth-order valence-corrected chi connectivity index (χ4v) is 0.789. The summed E-state index contributed by atoms with van der Waals surface area (Å²) >= 11 is 0. The average Bonchev–Trinajstić information content (AvgIpc) is 1.99. The van der Waals surface area contributed by atoms with Crippen molar-refractivity contribution in [3.05, 3.63) is 12.2 Å². The van der Waals surface area contributed by atoms with Crippen molar-refractivity contribution in [2.24, 2.45) is 5.41 Å². The molecule has 0 aromatic rings. The van der Waals surface area contributed by atoms with E-state index >= 15 is 0 Å². The van der Waals surface area contributed by atoms with E-state index in [1.807, 2.05) is 0 Å². The van der Waals surface area contributed by atoms with Gasteiger partial charge in [0.1, 0.15) is 0 Å². The molecule has 0 aromatic heterocycles. The fraction of sp³-hybridized carbons (Fsp3) is 0.600. The molecule has 0 saturated carbocycles. The molecule has 4 heteroatoms. The van der Waals surface area contributed by atoms with Crippen LogP contribution in [0.3, 0.4) is 0 Å². The molecule has 0 aromatic carbocycles. The summed E-state index contributed by atoms with van der Waals surface area (Å²) in [6, 6.07) is 0. The maximum Gasteiger partial charge on any atom is 0.309 e. The number of amides is 1. The largest absolute Gasteiger partial charge is 0.481 e. The van der Waals surface area contributed by atoms with Gasteiger partial charge in [0.25, 0.3) is 0 Å². The topological polar surface area (TPSA) is 66.4 Å². The van der Waals surface area contributed by atoms with Crippen molar-refractivity contribution in [3.8, 4) is 0 Å². The lowest BCUT2D eigenvalue weighted by Crippen LogP contribution is -2.33. The summed E-state index contributed by atoms with van der Waals surface area (Å²) in [6.45, 7) is 8.87. The molecule has 0 radical (unpaired) electrons. The molecule has 14 heavy (non-hydrogen) atoms. The predicted octanol–water partition coefficient (Wildman–Crippen LogP) is 1.18. The van der Waals surface area contributed by atoms with Crippen LogP contribution in [0, 0.1) is 5.41 Å². The highest BCUT2D eigenvalue weighted by Gasteiger charge is 2.29. The molecule has 0 rings (SSSR count). The molecule has 0 unspecified atom stereocenters. The molecule has 0 atom stereocenters. The highest BCUT2D eigenvalue weighted by atomic mass is 16.4. The third kappa shape index (κ3) is 4.64. The minimum Gasteiger partial charge on any atom is -0.481 e. The quantitative estimate of drug-likeness (QED) is 0.653. The fourth-order valence-electron chi connectivity index (χ4n) is 0.789. The van der Waals surface area contributed by atoms with Gasteiger partial charge in [0, 0.05) is 13.0 Å². The van der Waals surface area contributed by atoms with Crippen LogP contribution in [0.4, 0.5) is 0 Å². The Morgan fingerprint density at radius 1 is 1.43 bits per heavy atom. The summed E-state index contributed by atoms with van der Waals surface area (Å²) in [5.74, 6) is -1.23. The molecular formula is C10H17NO3. The number of carboxylic acid groups (broad SMARTS) is 1. The van der Waals surface area contributed by atoms with Crippen LogP contribution in [0.25, 0.3) is 0 Å². The third-order valence-corrected chi connectivity index (χ3v) is 1.77. The monoisotopic (exact) mass is 199 g/mol. The lowest BCUT2D eigenvalue weighted by molar-refractivity contribution is -0.149. The van der Waals surface area contributed by atoms with E-state index in [2.05, 4.69) is 11.9 Å². The Morgan fingerprint density at radius 3 is 2.29 bits per heavy atom. The zero-order valence-corrected chi connectivity index (χ0v) is 8.89. The molecule has 0 aliphatic heterocycles. The van der Waals surface area contributed by atoms with Crippen LogP contribution in [-0.2, 0) is 9.59 Å². The smallest absolute Gasteiger partial charge is 0.309 e. The molecule has 0 heterocycles. The molecule has 0 saturated heterocycles. The zero-order valence-electron chi connectivity index (χ0n) is 8.89. The summed E-state index contributed by atoms with van der Waals surface area (Å²) < 4.78 is 0. The van der Waals surface area contributed by atoms with Crippen LogP contribution < -0.4 is 5.32 Å². The van der Waals surface area contributed by atoms with Gasteiger partial charge in [-0.25, -0.2) is 0 Å². The number of nitrogens with one attached hydrogen (secondary N) is 1. The maximum absolute atomic E-state index is 11.3. The van der Waals surface area contributed by atoms with Crippen molar-refractivity contribution in [3.63, 3.8) is 0 Å². The second kappa shape index (κ2) is 4.79. The van der Waals surface area contributed by atoms with Crippen molar-refractivity contribution >= 4 is 11.9 Å². The Morgan fingerprint density at radius 2 is 1.93 bits per heavy atom. The second-order valence-electron chi connectivity index (χ2n) is 4.10. The maximum atomic E-state index is 11.3. The van der Waals surface area contributed by atoms with Crippen molar-refractivity contribution in [2.45, 2.75) is 27.2 Å². The molecular weight excluding hydrogens is 182 g/mol. The number of aliphatic carboxylic acids is 1. The van der Waals surface area contributed by atoms with Gasteiger partial charge in [0.05, 0.1) is 5.41 Å². The lowest BCUT2D eigenvalue weighted by Gasteiger charge is -2.18. The molecule has 0 bridgehead atoms. The normalized spacial score (nSPS) is 10.8. The van der Waals surface area contributed by atoms with E-state index in [-0.39, 0.29) is 12.3 Å². The first-order valence-corrected chi connectivity index (χ1v) is 4.40. The van der Waals surface area contributed by atoms with E-state index in [9.17, 15) is 9.59 Å². The summed E-state index contributed by atoms with van der Waals surface area (Å²) in [6.07, 6.45) is -0.0182. The van der Waals surface area contributed by atoms with Gasteiger partial charge < -0.3 is 10.4 Å². The van der Waals surface area contributed by atoms with Crippen LogP contribution in [0.15, 0.2) is 12.2 Å². The summed E-state index contributed by atoms with van der Waals surface area (Å²) in [7, 11) is 0. The highest BCUT2D eigenvalue weighted by Crippen LogP contribution is 2.19. The van der Waals surface area contributed by atoms with Crippen molar-refractivity contribution in [1.29, 1.82) is 0 Å². The minimum absolute atomic E-state index is 0.0182. The molecule has 0 fully saturated rings. The lowest BCUT2D eigenvalue weighted by atomic mass is 9.89. The van der Waals surface area contributed by atoms with Gasteiger partial charge in [-0.05, 0) is 20.8 Å². The molecule has 0 aliphatic rings. The molecule has 0 aliphatic carbocycles. The van der Waals surface area contributed by atoms with Gasteiger partial charge in [-0.15, -0.1) is 0 Å². The first kappa shape index (κ1) is 12.7.